The minimum Gasteiger partial charge on any atom is -0.324 e. The van der Waals surface area contributed by atoms with Crippen molar-refractivity contribution in [3.63, 3.8) is 0 Å². The molecule has 2 nitrogen and oxygen atoms in total. The van der Waals surface area contributed by atoms with Gasteiger partial charge in [0.25, 0.3) is 0 Å². The van der Waals surface area contributed by atoms with Gasteiger partial charge in [0.2, 0.25) is 0 Å². The maximum absolute atomic E-state index is 5.87. The lowest BCUT2D eigenvalue weighted by atomic mass is 10.1. The molecule has 0 saturated carbocycles. The highest BCUT2D eigenvalue weighted by atomic mass is 15.1. The van der Waals surface area contributed by atoms with E-state index in [1.165, 1.54) is 13.1 Å². The molecule has 0 aliphatic heterocycles. The molecule has 88 valence electrons. The zero-order chi connectivity index (χ0) is 11.4. The van der Waals surface area contributed by atoms with Gasteiger partial charge in [0.1, 0.15) is 0 Å². The first kappa shape index (κ1) is 12.7. The van der Waals surface area contributed by atoms with Crippen LogP contribution in [0, 0.1) is 11.8 Å². The summed E-state index contributed by atoms with van der Waals surface area (Å²) in [7, 11) is 0. The molecule has 0 aromatic rings. The number of nitrogens with zero attached hydrogens (tertiary/aromatic N) is 1. The van der Waals surface area contributed by atoms with Crippen LogP contribution in [0.3, 0.4) is 0 Å². The largest absolute Gasteiger partial charge is 0.324 e. The number of rotatable bonds is 5. The van der Waals surface area contributed by atoms with Crippen molar-refractivity contribution < 1.29 is 0 Å². The molecule has 1 rings (SSSR count). The van der Waals surface area contributed by atoms with Crippen molar-refractivity contribution >= 4 is 0 Å². The first-order valence-electron chi connectivity index (χ1n) is 6.17. The van der Waals surface area contributed by atoms with Gasteiger partial charge in [-0.3, -0.25) is 0 Å². The molecule has 0 amide bonds. The van der Waals surface area contributed by atoms with Crippen LogP contribution in [0.5, 0.6) is 0 Å². The fraction of sp³-hybridized carbons (Fsp3) is 0.846. The van der Waals surface area contributed by atoms with Crippen molar-refractivity contribution in [1.29, 1.82) is 0 Å². The van der Waals surface area contributed by atoms with Gasteiger partial charge >= 0.3 is 0 Å². The molecular formula is C13H26N2. The van der Waals surface area contributed by atoms with E-state index in [4.69, 9.17) is 5.73 Å². The van der Waals surface area contributed by atoms with Crippen molar-refractivity contribution in [2.45, 2.75) is 46.2 Å². The Labute approximate surface area is 94.5 Å². The van der Waals surface area contributed by atoms with E-state index in [0.717, 1.165) is 12.3 Å². The van der Waals surface area contributed by atoms with E-state index in [2.05, 4.69) is 44.7 Å². The second-order valence-electron chi connectivity index (χ2n) is 5.49. The third kappa shape index (κ3) is 4.35. The Morgan fingerprint density at radius 1 is 1.27 bits per heavy atom. The predicted octanol–water partition coefficient (Wildman–Crippen LogP) is 2.26. The van der Waals surface area contributed by atoms with E-state index in [1.807, 2.05) is 0 Å². The molecule has 0 aromatic carbocycles. The van der Waals surface area contributed by atoms with E-state index in [0.29, 0.717) is 18.0 Å². The minimum absolute atomic E-state index is 0.295. The maximum Gasteiger partial charge on any atom is 0.0229 e. The first-order chi connectivity index (χ1) is 6.99. The van der Waals surface area contributed by atoms with Gasteiger partial charge in [0, 0.05) is 25.2 Å². The number of nitrogens with two attached hydrogens (primary N) is 1. The summed E-state index contributed by atoms with van der Waals surface area (Å²) in [6, 6.07) is 0.931. The topological polar surface area (TPSA) is 29.3 Å². The third-order valence-electron chi connectivity index (χ3n) is 3.00. The Morgan fingerprint density at radius 2 is 1.93 bits per heavy atom. The Balaban J connectivity index is 2.41. The van der Waals surface area contributed by atoms with Crippen molar-refractivity contribution in [1.82, 2.24) is 4.90 Å². The summed E-state index contributed by atoms with van der Waals surface area (Å²) < 4.78 is 0. The lowest BCUT2D eigenvalue weighted by Gasteiger charge is -2.30. The van der Waals surface area contributed by atoms with Crippen LogP contribution >= 0.6 is 0 Å². The van der Waals surface area contributed by atoms with Crippen LogP contribution in [-0.4, -0.2) is 30.1 Å². The normalized spacial score (nSPS) is 26.1. The number of hydrogen-bond acceptors (Lipinski definition) is 2. The quantitative estimate of drug-likeness (QED) is 0.705. The molecule has 2 atom stereocenters. The molecule has 15 heavy (non-hydrogen) atoms. The predicted molar refractivity (Wildman–Crippen MR) is 66.8 cm³/mol. The van der Waals surface area contributed by atoms with Gasteiger partial charge in [-0.15, -0.1) is 0 Å². The van der Waals surface area contributed by atoms with Crippen molar-refractivity contribution in [2.24, 2.45) is 17.6 Å². The fourth-order valence-electron chi connectivity index (χ4n) is 2.21. The maximum atomic E-state index is 5.87. The molecule has 2 heteroatoms. The van der Waals surface area contributed by atoms with Gasteiger partial charge < -0.3 is 10.6 Å². The molecule has 2 N–H and O–H groups in total. The van der Waals surface area contributed by atoms with Crippen LogP contribution in [0.15, 0.2) is 12.2 Å². The highest BCUT2D eigenvalue weighted by Crippen LogP contribution is 2.19. The summed E-state index contributed by atoms with van der Waals surface area (Å²) in [6.07, 6.45) is 5.57. The van der Waals surface area contributed by atoms with Crippen LogP contribution in [0.1, 0.15) is 34.1 Å². The smallest absolute Gasteiger partial charge is 0.0229 e. The third-order valence-corrected chi connectivity index (χ3v) is 3.00. The van der Waals surface area contributed by atoms with Gasteiger partial charge in [-0.2, -0.15) is 0 Å². The van der Waals surface area contributed by atoms with E-state index in [9.17, 15) is 0 Å². The van der Waals surface area contributed by atoms with Crippen molar-refractivity contribution in [3.8, 4) is 0 Å². The minimum atomic E-state index is 0.295. The Kier molecular flexibility index (Phi) is 4.81. The van der Waals surface area contributed by atoms with Gasteiger partial charge in [0.15, 0.2) is 0 Å². The highest BCUT2D eigenvalue weighted by Gasteiger charge is 2.20. The molecule has 0 spiro atoms. The summed E-state index contributed by atoms with van der Waals surface area (Å²) in [5, 5.41) is 0. The van der Waals surface area contributed by atoms with Crippen LogP contribution in [0.4, 0.5) is 0 Å². The van der Waals surface area contributed by atoms with E-state index < -0.39 is 0 Å². The summed E-state index contributed by atoms with van der Waals surface area (Å²) in [5.41, 5.74) is 5.87. The molecular weight excluding hydrogens is 184 g/mol. The zero-order valence-electron chi connectivity index (χ0n) is 10.6. The molecule has 0 saturated heterocycles. The van der Waals surface area contributed by atoms with Gasteiger partial charge in [-0.1, -0.05) is 26.0 Å². The first-order valence-corrected chi connectivity index (χ1v) is 6.17. The fourth-order valence-corrected chi connectivity index (χ4v) is 2.21. The molecule has 1 aliphatic rings. The van der Waals surface area contributed by atoms with Crippen LogP contribution in [0.2, 0.25) is 0 Å². The average molecular weight is 210 g/mol. The molecule has 1 aliphatic carbocycles. The van der Waals surface area contributed by atoms with Crippen LogP contribution in [0.25, 0.3) is 0 Å². The van der Waals surface area contributed by atoms with Crippen LogP contribution in [-0.2, 0) is 0 Å². The van der Waals surface area contributed by atoms with Gasteiger partial charge in [-0.25, -0.2) is 0 Å². The van der Waals surface area contributed by atoms with Crippen molar-refractivity contribution in [3.05, 3.63) is 12.2 Å². The Hall–Kier alpha value is -0.340. The van der Waals surface area contributed by atoms with E-state index >= 15 is 0 Å². The van der Waals surface area contributed by atoms with Gasteiger partial charge in [0.05, 0.1) is 0 Å². The summed E-state index contributed by atoms with van der Waals surface area (Å²) in [6.45, 7) is 11.5. The molecule has 0 heterocycles. The van der Waals surface area contributed by atoms with Gasteiger partial charge in [-0.05, 0) is 32.1 Å². The van der Waals surface area contributed by atoms with E-state index in [1.54, 1.807) is 0 Å². The van der Waals surface area contributed by atoms with Crippen molar-refractivity contribution in [2.75, 3.05) is 13.1 Å². The second-order valence-corrected chi connectivity index (χ2v) is 5.49. The van der Waals surface area contributed by atoms with Crippen LogP contribution < -0.4 is 5.73 Å². The lowest BCUT2D eigenvalue weighted by molar-refractivity contribution is 0.178. The summed E-state index contributed by atoms with van der Waals surface area (Å²) >= 11 is 0. The molecule has 0 fully saturated rings. The number of hydrogen-bond donors (Lipinski definition) is 1. The van der Waals surface area contributed by atoms with E-state index in [-0.39, 0.29) is 0 Å². The molecule has 0 bridgehead atoms. The SMILES string of the molecule is CC(C)CN(CC1C=CC(N)C1)C(C)C. The average Bonchev–Trinajstić information content (AvgIpc) is 2.49. The summed E-state index contributed by atoms with van der Waals surface area (Å²) in [4.78, 5) is 2.57. The second kappa shape index (κ2) is 5.66. The standard InChI is InChI=1S/C13H26N2/c1-10(2)8-15(11(3)4)9-12-5-6-13(14)7-12/h5-6,10-13H,7-9,14H2,1-4H3. The Bertz CT molecular complexity index is 209. The zero-order valence-corrected chi connectivity index (χ0v) is 10.6. The monoisotopic (exact) mass is 210 g/mol. The molecule has 0 aromatic heterocycles. The highest BCUT2D eigenvalue weighted by molar-refractivity contribution is 5.05. The lowest BCUT2D eigenvalue weighted by Crippen LogP contribution is -2.37. The summed E-state index contributed by atoms with van der Waals surface area (Å²) in [5.74, 6) is 1.41. The molecule has 2 unspecified atom stereocenters. The Morgan fingerprint density at radius 3 is 2.33 bits per heavy atom. The molecule has 0 radical (unpaired) electrons.